The van der Waals surface area contributed by atoms with E-state index in [2.05, 4.69) is 9.97 Å². The predicted molar refractivity (Wildman–Crippen MR) is 59.5 cm³/mol. The van der Waals surface area contributed by atoms with Gasteiger partial charge in [0.1, 0.15) is 5.41 Å². The van der Waals surface area contributed by atoms with Crippen LogP contribution in [0.1, 0.15) is 13.3 Å². The Hall–Kier alpha value is -1.86. The van der Waals surface area contributed by atoms with E-state index in [1.54, 1.807) is 0 Å². The number of hydrogen-bond donors (Lipinski definition) is 1. The third-order valence-electron chi connectivity index (χ3n) is 3.44. The molecule has 0 aliphatic carbocycles. The molecule has 0 saturated carbocycles. The van der Waals surface area contributed by atoms with Crippen LogP contribution < -0.4 is 4.90 Å². The molecule has 1 unspecified atom stereocenters. The fraction of sp³-hybridized carbons (Fsp3) is 0.545. The average molecular weight is 275 g/mol. The van der Waals surface area contributed by atoms with Crippen LogP contribution in [-0.2, 0) is 4.79 Å². The van der Waals surface area contributed by atoms with E-state index < -0.39 is 29.7 Å². The first-order valence-electron chi connectivity index (χ1n) is 5.60. The minimum absolute atomic E-state index is 0.0338. The van der Waals surface area contributed by atoms with E-state index in [4.69, 9.17) is 5.11 Å². The largest absolute Gasteiger partial charge is 0.481 e. The van der Waals surface area contributed by atoms with Gasteiger partial charge in [0.05, 0.1) is 18.9 Å². The highest BCUT2D eigenvalue weighted by Crippen LogP contribution is 2.44. The van der Waals surface area contributed by atoms with E-state index in [1.807, 2.05) is 0 Å². The van der Waals surface area contributed by atoms with Crippen molar-refractivity contribution < 1.29 is 23.1 Å². The summed E-state index contributed by atoms with van der Waals surface area (Å²) in [5.74, 6) is -5.65. The van der Waals surface area contributed by atoms with Crippen LogP contribution in [0.15, 0.2) is 12.4 Å². The van der Waals surface area contributed by atoms with Crippen molar-refractivity contribution in [3.8, 4) is 0 Å². The summed E-state index contributed by atoms with van der Waals surface area (Å²) in [7, 11) is 0. The maximum absolute atomic E-state index is 14.0. The highest BCUT2D eigenvalue weighted by molar-refractivity contribution is 5.76. The van der Waals surface area contributed by atoms with Crippen LogP contribution in [-0.4, -0.2) is 40.1 Å². The summed E-state index contributed by atoms with van der Waals surface area (Å²) in [5, 5.41) is 8.95. The lowest BCUT2D eigenvalue weighted by Gasteiger charge is -2.42. The Balaban J connectivity index is 2.23. The van der Waals surface area contributed by atoms with E-state index in [-0.39, 0.29) is 18.9 Å². The number of anilines is 1. The monoisotopic (exact) mass is 275 g/mol. The highest BCUT2D eigenvalue weighted by atomic mass is 19.3. The van der Waals surface area contributed by atoms with Crippen molar-refractivity contribution in [1.29, 1.82) is 0 Å². The molecule has 1 fully saturated rings. The zero-order chi connectivity index (χ0) is 14.3. The predicted octanol–water partition coefficient (Wildman–Crippen LogP) is 1.55. The third-order valence-corrected chi connectivity index (χ3v) is 3.44. The summed E-state index contributed by atoms with van der Waals surface area (Å²) in [6.45, 7) is 0.295. The maximum atomic E-state index is 14.0. The molecule has 1 saturated heterocycles. The molecule has 0 radical (unpaired) electrons. The Morgan fingerprint density at radius 2 is 2.00 bits per heavy atom. The normalized spacial score (nSPS) is 26.2. The van der Waals surface area contributed by atoms with Gasteiger partial charge in [0.25, 0.3) is 5.92 Å². The molecule has 1 aromatic heterocycles. The molecule has 5 nitrogen and oxygen atoms in total. The molecule has 104 valence electrons. The van der Waals surface area contributed by atoms with Crippen LogP contribution in [0.25, 0.3) is 0 Å². The van der Waals surface area contributed by atoms with Crippen molar-refractivity contribution in [2.45, 2.75) is 19.3 Å². The summed E-state index contributed by atoms with van der Waals surface area (Å²) in [6.07, 6.45) is 1.52. The quantitative estimate of drug-likeness (QED) is 0.887. The van der Waals surface area contributed by atoms with Gasteiger partial charge in [-0.1, -0.05) is 0 Å². The topological polar surface area (TPSA) is 66.3 Å². The number of hydrogen-bond acceptors (Lipinski definition) is 4. The lowest BCUT2D eigenvalue weighted by atomic mass is 9.77. The molecule has 1 atom stereocenters. The molecule has 2 heterocycles. The number of aromatic nitrogens is 2. The molecule has 2 rings (SSSR count). The Morgan fingerprint density at radius 1 is 1.42 bits per heavy atom. The van der Waals surface area contributed by atoms with Gasteiger partial charge in [0.15, 0.2) is 5.82 Å². The number of halogens is 3. The van der Waals surface area contributed by atoms with Gasteiger partial charge in [-0.05, 0) is 13.3 Å². The zero-order valence-electron chi connectivity index (χ0n) is 10.1. The Labute approximate surface area is 107 Å². The minimum Gasteiger partial charge on any atom is -0.481 e. The highest BCUT2D eigenvalue weighted by Gasteiger charge is 2.59. The fourth-order valence-electron chi connectivity index (χ4n) is 1.94. The number of piperidine rings is 1. The van der Waals surface area contributed by atoms with Crippen LogP contribution >= 0.6 is 0 Å². The Kier molecular flexibility index (Phi) is 3.11. The van der Waals surface area contributed by atoms with Crippen LogP contribution in [0.3, 0.4) is 0 Å². The SMILES string of the molecule is CC1(C(=O)O)CCN(c2ncc(F)cn2)CC1(F)F. The lowest BCUT2D eigenvalue weighted by molar-refractivity contribution is -0.179. The van der Waals surface area contributed by atoms with Crippen molar-refractivity contribution in [3.05, 3.63) is 18.2 Å². The van der Waals surface area contributed by atoms with Crippen LogP contribution in [0, 0.1) is 11.2 Å². The third kappa shape index (κ3) is 2.22. The van der Waals surface area contributed by atoms with Gasteiger partial charge in [-0.15, -0.1) is 0 Å². The summed E-state index contributed by atoms with van der Waals surface area (Å²) >= 11 is 0. The maximum Gasteiger partial charge on any atom is 0.315 e. The summed E-state index contributed by atoms with van der Waals surface area (Å²) < 4.78 is 40.6. The summed E-state index contributed by atoms with van der Waals surface area (Å²) in [6, 6.07) is 0. The van der Waals surface area contributed by atoms with Crippen molar-refractivity contribution in [3.63, 3.8) is 0 Å². The smallest absolute Gasteiger partial charge is 0.315 e. The van der Waals surface area contributed by atoms with Crippen molar-refractivity contribution in [2.75, 3.05) is 18.0 Å². The minimum atomic E-state index is -3.42. The fourth-order valence-corrected chi connectivity index (χ4v) is 1.94. The Bertz CT molecular complexity index is 494. The number of alkyl halides is 2. The molecule has 0 spiro atoms. The average Bonchev–Trinajstić information content (AvgIpc) is 2.33. The standard InChI is InChI=1S/C11H12F3N3O2/c1-10(8(18)19)2-3-17(6-11(10,13)14)9-15-4-7(12)5-16-9/h4-5H,2-3,6H2,1H3,(H,18,19). The van der Waals surface area contributed by atoms with E-state index in [1.165, 1.54) is 0 Å². The van der Waals surface area contributed by atoms with Gasteiger partial charge >= 0.3 is 5.97 Å². The number of nitrogens with zero attached hydrogens (tertiary/aromatic N) is 3. The summed E-state index contributed by atoms with van der Waals surface area (Å²) in [4.78, 5) is 19.4. The first-order valence-corrected chi connectivity index (χ1v) is 5.60. The molecule has 1 aliphatic heterocycles. The molecule has 0 bridgehead atoms. The number of carbonyl (C=O) groups is 1. The molecule has 1 N–H and O–H groups in total. The molecule has 0 amide bonds. The number of carboxylic acid groups (broad SMARTS) is 1. The van der Waals surface area contributed by atoms with Crippen molar-refractivity contribution in [2.24, 2.45) is 5.41 Å². The van der Waals surface area contributed by atoms with E-state index in [9.17, 15) is 18.0 Å². The molecule has 0 aromatic carbocycles. The van der Waals surface area contributed by atoms with E-state index in [0.717, 1.165) is 24.2 Å². The van der Waals surface area contributed by atoms with Crippen molar-refractivity contribution in [1.82, 2.24) is 9.97 Å². The van der Waals surface area contributed by atoms with Crippen LogP contribution in [0.4, 0.5) is 19.1 Å². The zero-order valence-corrected chi connectivity index (χ0v) is 10.1. The van der Waals surface area contributed by atoms with Gasteiger partial charge in [-0.2, -0.15) is 0 Å². The Morgan fingerprint density at radius 3 is 2.47 bits per heavy atom. The van der Waals surface area contributed by atoms with Crippen molar-refractivity contribution >= 4 is 11.9 Å². The lowest BCUT2D eigenvalue weighted by Crippen LogP contribution is -2.58. The van der Waals surface area contributed by atoms with Gasteiger partial charge in [0.2, 0.25) is 5.95 Å². The second-order valence-corrected chi connectivity index (χ2v) is 4.71. The van der Waals surface area contributed by atoms with Gasteiger partial charge in [-0.25, -0.2) is 23.1 Å². The molecule has 19 heavy (non-hydrogen) atoms. The van der Waals surface area contributed by atoms with Gasteiger partial charge in [-0.3, -0.25) is 4.79 Å². The van der Waals surface area contributed by atoms with Gasteiger partial charge in [0, 0.05) is 6.54 Å². The molecular weight excluding hydrogens is 263 g/mol. The number of carboxylic acids is 1. The first kappa shape index (κ1) is 13.6. The number of aliphatic carboxylic acids is 1. The molecule has 8 heteroatoms. The van der Waals surface area contributed by atoms with E-state index >= 15 is 0 Å². The molecule has 1 aromatic rings. The van der Waals surface area contributed by atoms with E-state index in [0.29, 0.717) is 0 Å². The number of rotatable bonds is 2. The molecular formula is C11H12F3N3O2. The molecule has 1 aliphatic rings. The second-order valence-electron chi connectivity index (χ2n) is 4.71. The summed E-state index contributed by atoms with van der Waals surface area (Å²) in [5.41, 5.74) is -2.11. The second kappa shape index (κ2) is 4.36. The van der Waals surface area contributed by atoms with Gasteiger partial charge < -0.3 is 10.0 Å². The van der Waals surface area contributed by atoms with Crippen LogP contribution in [0.2, 0.25) is 0 Å². The first-order chi connectivity index (χ1) is 8.76. The van der Waals surface area contributed by atoms with Crippen LogP contribution in [0.5, 0.6) is 0 Å².